The number of hydrogen-bond acceptors (Lipinski definition) is 3. The molecule has 1 fully saturated rings. The van der Waals surface area contributed by atoms with Gasteiger partial charge in [-0.2, -0.15) is 0 Å². The van der Waals surface area contributed by atoms with Gasteiger partial charge in [0.25, 0.3) is 0 Å². The molecule has 3 unspecified atom stereocenters. The van der Waals surface area contributed by atoms with Crippen LogP contribution in [0.2, 0.25) is 0 Å². The van der Waals surface area contributed by atoms with Crippen LogP contribution in [0.3, 0.4) is 0 Å². The molecular weight excluding hydrogens is 336 g/mol. The van der Waals surface area contributed by atoms with Crippen LogP contribution in [0.25, 0.3) is 0 Å². The van der Waals surface area contributed by atoms with Crippen molar-refractivity contribution in [1.29, 1.82) is 0 Å². The van der Waals surface area contributed by atoms with E-state index in [1.54, 1.807) is 18.2 Å². The van der Waals surface area contributed by atoms with E-state index in [0.717, 1.165) is 0 Å². The summed E-state index contributed by atoms with van der Waals surface area (Å²) in [5.41, 5.74) is 0.538. The van der Waals surface area contributed by atoms with Crippen LogP contribution in [-0.4, -0.2) is 23.5 Å². The number of halogens is 1. The van der Waals surface area contributed by atoms with Gasteiger partial charge in [-0.15, -0.1) is 0 Å². The number of rotatable bonds is 5. The van der Waals surface area contributed by atoms with Crippen LogP contribution in [-0.2, 0) is 4.79 Å². The van der Waals surface area contributed by atoms with Crippen molar-refractivity contribution < 1.29 is 19.4 Å². The second kappa shape index (κ2) is 6.60. The molecule has 1 N–H and O–H groups in total. The zero-order chi connectivity index (χ0) is 15.6. The Balaban J connectivity index is 2.23. The van der Waals surface area contributed by atoms with Crippen molar-refractivity contribution in [1.82, 2.24) is 0 Å². The molecule has 0 amide bonds. The lowest BCUT2D eigenvalue weighted by molar-refractivity contribution is -0.142. The van der Waals surface area contributed by atoms with Crippen LogP contribution in [0.4, 0.5) is 0 Å². The lowest BCUT2D eigenvalue weighted by Crippen LogP contribution is -2.25. The molecule has 5 heteroatoms. The monoisotopic (exact) mass is 354 g/mol. The quantitative estimate of drug-likeness (QED) is 0.817. The molecule has 0 spiro atoms. The molecule has 1 aliphatic rings. The lowest BCUT2D eigenvalue weighted by atomic mass is 9.88. The van der Waals surface area contributed by atoms with Gasteiger partial charge in [0.1, 0.15) is 5.75 Å². The third-order valence-electron chi connectivity index (χ3n) is 3.97. The van der Waals surface area contributed by atoms with Crippen LogP contribution in [0, 0.1) is 17.8 Å². The number of ketones is 1. The molecule has 4 nitrogen and oxygen atoms in total. The second-order valence-corrected chi connectivity index (χ2v) is 6.42. The Morgan fingerprint density at radius 3 is 2.57 bits per heavy atom. The summed E-state index contributed by atoms with van der Waals surface area (Å²) < 4.78 is 6.14. The van der Waals surface area contributed by atoms with Gasteiger partial charge in [0.2, 0.25) is 0 Å². The first-order chi connectivity index (χ1) is 9.93. The van der Waals surface area contributed by atoms with Crippen LogP contribution >= 0.6 is 15.9 Å². The number of aliphatic carboxylic acids is 1. The maximum absolute atomic E-state index is 12.6. The first-order valence-corrected chi connectivity index (χ1v) is 7.92. The van der Waals surface area contributed by atoms with E-state index in [9.17, 15) is 14.7 Å². The highest BCUT2D eigenvalue weighted by Crippen LogP contribution is 2.39. The Kier molecular flexibility index (Phi) is 5.04. The van der Waals surface area contributed by atoms with E-state index in [0.29, 0.717) is 35.2 Å². The molecule has 1 aromatic carbocycles. The fourth-order valence-electron chi connectivity index (χ4n) is 3.00. The first-order valence-electron chi connectivity index (χ1n) is 7.13. The summed E-state index contributed by atoms with van der Waals surface area (Å²) in [6, 6.07) is 5.17. The predicted octanol–water partition coefficient (Wildman–Crippen LogP) is 3.78. The third kappa shape index (κ3) is 3.46. The summed E-state index contributed by atoms with van der Waals surface area (Å²) >= 11 is 3.39. The second-order valence-electron chi connectivity index (χ2n) is 5.57. The van der Waals surface area contributed by atoms with E-state index in [-0.39, 0.29) is 11.7 Å². The normalized spacial score (nSPS) is 24.8. The van der Waals surface area contributed by atoms with Crippen molar-refractivity contribution in [2.24, 2.45) is 17.8 Å². The summed E-state index contributed by atoms with van der Waals surface area (Å²) in [5.74, 6) is -1.01. The number of carbonyl (C=O) groups excluding carboxylic acids is 1. The zero-order valence-electron chi connectivity index (χ0n) is 12.1. The standard InChI is InChI=1S/C16H19BrO4/c1-3-21-14-5-4-10(8-13(14)17)15(18)11-6-9(2)7-12(11)16(19)20/h4-5,8-9,11-12H,3,6-7H2,1-2H3,(H,19,20). The highest BCUT2D eigenvalue weighted by atomic mass is 79.9. The molecular formula is C16H19BrO4. The molecule has 1 saturated carbocycles. The number of carbonyl (C=O) groups is 2. The number of carboxylic acid groups (broad SMARTS) is 1. The number of Topliss-reactive ketones (excluding diaryl/α,β-unsaturated/α-hetero) is 1. The van der Waals surface area contributed by atoms with E-state index in [1.165, 1.54) is 0 Å². The average molecular weight is 355 g/mol. The number of hydrogen-bond donors (Lipinski definition) is 1. The molecule has 3 atom stereocenters. The van der Waals surface area contributed by atoms with Gasteiger partial charge >= 0.3 is 5.97 Å². The highest BCUT2D eigenvalue weighted by molar-refractivity contribution is 9.10. The van der Waals surface area contributed by atoms with Crippen LogP contribution in [0.15, 0.2) is 22.7 Å². The van der Waals surface area contributed by atoms with Gasteiger partial charge < -0.3 is 9.84 Å². The maximum atomic E-state index is 12.6. The first kappa shape index (κ1) is 16.0. The van der Waals surface area contributed by atoms with Crippen molar-refractivity contribution in [2.45, 2.75) is 26.7 Å². The van der Waals surface area contributed by atoms with Gasteiger partial charge in [0.15, 0.2) is 5.78 Å². The number of ether oxygens (including phenoxy) is 1. The summed E-state index contributed by atoms with van der Waals surface area (Å²) in [6.07, 6.45) is 1.21. The summed E-state index contributed by atoms with van der Waals surface area (Å²) in [5, 5.41) is 9.28. The van der Waals surface area contributed by atoms with E-state index in [1.807, 2.05) is 13.8 Å². The predicted molar refractivity (Wildman–Crippen MR) is 82.7 cm³/mol. The van der Waals surface area contributed by atoms with E-state index >= 15 is 0 Å². The fourth-order valence-corrected chi connectivity index (χ4v) is 3.49. The summed E-state index contributed by atoms with van der Waals surface area (Å²) in [6.45, 7) is 4.44. The molecule has 1 aliphatic carbocycles. The zero-order valence-corrected chi connectivity index (χ0v) is 13.7. The van der Waals surface area contributed by atoms with Gasteiger partial charge in [0.05, 0.1) is 17.0 Å². The molecule has 0 heterocycles. The number of carboxylic acids is 1. The SMILES string of the molecule is CCOc1ccc(C(=O)C2CC(C)CC2C(=O)O)cc1Br. The molecule has 0 bridgehead atoms. The molecule has 0 aromatic heterocycles. The Morgan fingerprint density at radius 2 is 2.00 bits per heavy atom. The van der Waals surface area contributed by atoms with Crippen molar-refractivity contribution in [3.8, 4) is 5.75 Å². The third-order valence-corrected chi connectivity index (χ3v) is 4.59. The maximum Gasteiger partial charge on any atom is 0.307 e. The van der Waals surface area contributed by atoms with Crippen molar-refractivity contribution >= 4 is 27.7 Å². The van der Waals surface area contributed by atoms with Gasteiger partial charge in [-0.25, -0.2) is 0 Å². The smallest absolute Gasteiger partial charge is 0.307 e. The van der Waals surface area contributed by atoms with Crippen molar-refractivity contribution in [3.63, 3.8) is 0 Å². The highest BCUT2D eigenvalue weighted by Gasteiger charge is 2.41. The largest absolute Gasteiger partial charge is 0.493 e. The van der Waals surface area contributed by atoms with Crippen molar-refractivity contribution in [3.05, 3.63) is 28.2 Å². The van der Waals surface area contributed by atoms with E-state index < -0.39 is 17.8 Å². The minimum atomic E-state index is -0.872. The van der Waals surface area contributed by atoms with Gasteiger partial charge in [-0.05, 0) is 59.8 Å². The molecule has 114 valence electrons. The van der Waals surface area contributed by atoms with Crippen LogP contribution in [0.1, 0.15) is 37.0 Å². The van der Waals surface area contributed by atoms with E-state index in [2.05, 4.69) is 15.9 Å². The van der Waals surface area contributed by atoms with Gasteiger partial charge in [-0.1, -0.05) is 6.92 Å². The summed E-state index contributed by atoms with van der Waals surface area (Å²) in [7, 11) is 0. The molecule has 21 heavy (non-hydrogen) atoms. The Bertz CT molecular complexity index is 555. The molecule has 0 aliphatic heterocycles. The van der Waals surface area contributed by atoms with E-state index in [4.69, 9.17) is 4.74 Å². The minimum Gasteiger partial charge on any atom is -0.493 e. The fraction of sp³-hybridized carbons (Fsp3) is 0.500. The topological polar surface area (TPSA) is 63.6 Å². The lowest BCUT2D eigenvalue weighted by Gasteiger charge is -2.15. The Labute approximate surface area is 132 Å². The van der Waals surface area contributed by atoms with Gasteiger partial charge in [0, 0.05) is 11.5 Å². The average Bonchev–Trinajstić information content (AvgIpc) is 2.83. The molecule has 1 aromatic rings. The molecule has 0 radical (unpaired) electrons. The summed E-state index contributed by atoms with van der Waals surface area (Å²) in [4.78, 5) is 23.9. The molecule has 0 saturated heterocycles. The Hall–Kier alpha value is -1.36. The van der Waals surface area contributed by atoms with Crippen LogP contribution in [0.5, 0.6) is 5.75 Å². The van der Waals surface area contributed by atoms with Crippen molar-refractivity contribution in [2.75, 3.05) is 6.61 Å². The molecule has 2 rings (SSSR count). The number of benzene rings is 1. The van der Waals surface area contributed by atoms with Crippen LogP contribution < -0.4 is 4.74 Å². The minimum absolute atomic E-state index is 0.0875. The Morgan fingerprint density at radius 1 is 1.33 bits per heavy atom. The van der Waals surface area contributed by atoms with Gasteiger partial charge in [-0.3, -0.25) is 9.59 Å².